The van der Waals surface area contributed by atoms with Crippen LogP contribution in [0.3, 0.4) is 0 Å². The Balaban J connectivity index is 1.35. The summed E-state index contributed by atoms with van der Waals surface area (Å²) in [7, 11) is 0. The molecule has 2 heterocycles. The molecule has 6 atom stereocenters. The summed E-state index contributed by atoms with van der Waals surface area (Å²) in [6.07, 6.45) is 2.33. The number of carbonyl (C=O) groups is 4. The molecule has 3 aromatic carbocycles. The average Bonchev–Trinajstić information content (AvgIpc) is 3.37. The third-order valence-electron chi connectivity index (χ3n) is 9.90. The van der Waals surface area contributed by atoms with Gasteiger partial charge in [-0.05, 0) is 67.6 Å². The highest BCUT2D eigenvalue weighted by molar-refractivity contribution is 6.32. The van der Waals surface area contributed by atoms with Crippen molar-refractivity contribution >= 4 is 52.3 Å². The van der Waals surface area contributed by atoms with E-state index in [4.69, 9.17) is 11.6 Å². The van der Waals surface area contributed by atoms with E-state index in [0.717, 1.165) is 10.5 Å². The van der Waals surface area contributed by atoms with Crippen molar-refractivity contribution in [3.8, 4) is 5.75 Å². The van der Waals surface area contributed by atoms with E-state index in [2.05, 4.69) is 0 Å². The van der Waals surface area contributed by atoms with Crippen molar-refractivity contribution in [2.45, 2.75) is 25.7 Å². The molecule has 2 saturated heterocycles. The van der Waals surface area contributed by atoms with Gasteiger partial charge >= 0.3 is 0 Å². The van der Waals surface area contributed by atoms with Gasteiger partial charge in [-0.2, -0.15) is 0 Å². The number of hydrogen-bond acceptors (Lipinski definition) is 7. The summed E-state index contributed by atoms with van der Waals surface area (Å²) in [4.78, 5) is 69.2. The zero-order valence-electron chi connectivity index (χ0n) is 23.4. The Morgan fingerprint density at radius 1 is 0.886 bits per heavy atom. The van der Waals surface area contributed by atoms with Crippen LogP contribution in [0.4, 0.5) is 17.1 Å². The van der Waals surface area contributed by atoms with Gasteiger partial charge in [-0.1, -0.05) is 47.5 Å². The van der Waals surface area contributed by atoms with Crippen molar-refractivity contribution in [1.82, 2.24) is 0 Å². The van der Waals surface area contributed by atoms with Crippen LogP contribution in [0.25, 0.3) is 0 Å². The molecule has 11 heteroatoms. The SMILES string of the molecule is CC12C(=O)N(c3ccccc3)C(=O)C1CC1C(=CCC3C(=O)N(c4ccc([N+](=O)[O-])cc4)C(=O)C31)C2c1ccc(O)cc1Cl. The molecule has 3 fully saturated rings. The Morgan fingerprint density at radius 3 is 2.23 bits per heavy atom. The third-order valence-corrected chi connectivity index (χ3v) is 10.2. The molecular formula is C33H26ClN3O7. The number of hydrogen-bond donors (Lipinski definition) is 1. The summed E-state index contributed by atoms with van der Waals surface area (Å²) >= 11 is 6.71. The predicted octanol–water partition coefficient (Wildman–Crippen LogP) is 5.39. The molecule has 2 aliphatic heterocycles. The summed E-state index contributed by atoms with van der Waals surface area (Å²) < 4.78 is 0. The van der Waals surface area contributed by atoms with Gasteiger partial charge in [0.15, 0.2) is 0 Å². The van der Waals surface area contributed by atoms with Gasteiger partial charge in [0.25, 0.3) is 5.69 Å². The average molecular weight is 612 g/mol. The van der Waals surface area contributed by atoms with Gasteiger partial charge in [-0.15, -0.1) is 0 Å². The lowest BCUT2D eigenvalue weighted by molar-refractivity contribution is -0.384. The number of fused-ring (bicyclic) bond motifs is 4. The first-order valence-electron chi connectivity index (χ1n) is 14.3. The molecule has 4 aliphatic rings. The highest BCUT2D eigenvalue weighted by atomic mass is 35.5. The van der Waals surface area contributed by atoms with E-state index in [1.807, 2.05) is 6.08 Å². The van der Waals surface area contributed by atoms with Gasteiger partial charge in [-0.25, -0.2) is 4.90 Å². The number of halogens is 1. The van der Waals surface area contributed by atoms with E-state index in [9.17, 15) is 34.4 Å². The number of imide groups is 2. The molecule has 6 unspecified atom stereocenters. The Morgan fingerprint density at radius 2 is 1.57 bits per heavy atom. The van der Waals surface area contributed by atoms with Gasteiger partial charge in [0, 0.05) is 23.1 Å². The summed E-state index contributed by atoms with van der Waals surface area (Å²) in [5.41, 5.74) is 0.572. The lowest BCUT2D eigenvalue weighted by Crippen LogP contribution is -2.49. The van der Waals surface area contributed by atoms with E-state index < -0.39 is 51.7 Å². The number of allylic oxidation sites excluding steroid dienone is 2. The molecule has 3 aromatic rings. The monoisotopic (exact) mass is 611 g/mol. The van der Waals surface area contributed by atoms with Crippen LogP contribution in [0.15, 0.2) is 84.4 Å². The first-order valence-corrected chi connectivity index (χ1v) is 14.7. The number of phenols is 1. The second-order valence-corrected chi connectivity index (χ2v) is 12.4. The lowest BCUT2D eigenvalue weighted by Gasteiger charge is -2.49. The maximum atomic E-state index is 14.4. The fraction of sp³-hybridized carbons (Fsp3) is 0.273. The molecule has 222 valence electrons. The molecule has 1 saturated carbocycles. The van der Waals surface area contributed by atoms with E-state index in [0.29, 0.717) is 11.3 Å². The quantitative estimate of drug-likeness (QED) is 0.181. The Bertz CT molecular complexity index is 1810. The highest BCUT2D eigenvalue weighted by Crippen LogP contribution is 2.64. The number of rotatable bonds is 4. The van der Waals surface area contributed by atoms with Crippen molar-refractivity contribution in [3.63, 3.8) is 0 Å². The van der Waals surface area contributed by atoms with Gasteiger partial charge in [0.05, 0.1) is 39.5 Å². The van der Waals surface area contributed by atoms with E-state index in [1.54, 1.807) is 43.3 Å². The van der Waals surface area contributed by atoms with Crippen LogP contribution in [0.5, 0.6) is 5.75 Å². The maximum absolute atomic E-state index is 14.4. The van der Waals surface area contributed by atoms with Crippen molar-refractivity contribution in [2.24, 2.45) is 29.1 Å². The van der Waals surface area contributed by atoms with Crippen LogP contribution in [0, 0.1) is 39.2 Å². The minimum atomic E-state index is -1.26. The van der Waals surface area contributed by atoms with Crippen LogP contribution < -0.4 is 9.80 Å². The number of nitrogens with zero attached hydrogens (tertiary/aromatic N) is 3. The molecule has 7 rings (SSSR count). The second-order valence-electron chi connectivity index (χ2n) is 12.0. The van der Waals surface area contributed by atoms with E-state index in [-0.39, 0.29) is 46.8 Å². The molecule has 44 heavy (non-hydrogen) atoms. The number of amides is 4. The number of benzene rings is 3. The third kappa shape index (κ3) is 3.80. The first-order chi connectivity index (χ1) is 21.0. The first kappa shape index (κ1) is 28.0. The Labute approximate surface area is 256 Å². The number of carbonyl (C=O) groups excluding carboxylic acids is 4. The van der Waals surface area contributed by atoms with Crippen molar-refractivity contribution in [3.05, 3.63) is 105 Å². The lowest BCUT2D eigenvalue weighted by atomic mass is 9.51. The molecule has 4 amide bonds. The molecule has 1 N–H and O–H groups in total. The van der Waals surface area contributed by atoms with E-state index in [1.165, 1.54) is 41.3 Å². The normalized spacial score (nSPS) is 29.3. The molecule has 0 aromatic heterocycles. The van der Waals surface area contributed by atoms with Gasteiger partial charge in [0.2, 0.25) is 23.6 Å². The van der Waals surface area contributed by atoms with Crippen LogP contribution in [-0.4, -0.2) is 33.7 Å². The Hall–Kier alpha value is -4.83. The summed E-state index contributed by atoms with van der Waals surface area (Å²) in [6.45, 7) is 1.77. The molecular weight excluding hydrogens is 586 g/mol. The van der Waals surface area contributed by atoms with Crippen molar-refractivity contribution < 1.29 is 29.2 Å². The highest BCUT2D eigenvalue weighted by Gasteiger charge is 2.67. The number of non-ortho nitro benzene ring substituents is 1. The number of anilines is 2. The number of phenolic OH excluding ortho intramolecular Hbond substituents is 1. The standard InChI is InChI=1S/C33H26ClN3O7/c1-33-25(30(40)36(32(33)42)17-5-3-2-4-6-17)16-24-21(28(33)22-12-11-20(38)15-26(22)34)13-14-23-27(24)31(41)35(29(23)39)18-7-9-19(10-8-18)37(43)44/h2-13,15,23-25,27-28,38H,14,16H2,1H3. The van der Waals surface area contributed by atoms with Gasteiger partial charge in [0.1, 0.15) is 5.75 Å². The number of nitro benzene ring substituents is 1. The Kier molecular flexibility index (Phi) is 6.26. The number of nitro groups is 1. The fourth-order valence-electron chi connectivity index (χ4n) is 7.91. The van der Waals surface area contributed by atoms with Gasteiger partial charge in [-0.3, -0.25) is 34.2 Å². The zero-order chi connectivity index (χ0) is 31.1. The zero-order valence-corrected chi connectivity index (χ0v) is 24.2. The number of para-hydroxylation sites is 1. The topological polar surface area (TPSA) is 138 Å². The van der Waals surface area contributed by atoms with Gasteiger partial charge < -0.3 is 5.11 Å². The van der Waals surface area contributed by atoms with Crippen molar-refractivity contribution in [2.75, 3.05) is 9.80 Å². The molecule has 10 nitrogen and oxygen atoms in total. The van der Waals surface area contributed by atoms with Crippen LogP contribution in [-0.2, 0) is 19.2 Å². The minimum absolute atomic E-state index is 0.0551. The fourth-order valence-corrected chi connectivity index (χ4v) is 8.19. The maximum Gasteiger partial charge on any atom is 0.269 e. The predicted molar refractivity (Wildman–Crippen MR) is 160 cm³/mol. The minimum Gasteiger partial charge on any atom is -0.508 e. The largest absolute Gasteiger partial charge is 0.508 e. The van der Waals surface area contributed by atoms with E-state index >= 15 is 0 Å². The number of aromatic hydroxyl groups is 1. The summed E-state index contributed by atoms with van der Waals surface area (Å²) in [5.74, 6) is -5.22. The second kappa shape index (κ2) is 9.85. The van der Waals surface area contributed by atoms with Crippen LogP contribution in [0.1, 0.15) is 31.2 Å². The molecule has 0 radical (unpaired) electrons. The molecule has 0 spiro atoms. The molecule has 2 aliphatic carbocycles. The summed E-state index contributed by atoms with van der Waals surface area (Å²) in [6, 6.07) is 18.5. The van der Waals surface area contributed by atoms with Crippen LogP contribution >= 0.6 is 11.6 Å². The smallest absolute Gasteiger partial charge is 0.269 e. The van der Waals surface area contributed by atoms with Crippen LogP contribution in [0.2, 0.25) is 5.02 Å². The summed E-state index contributed by atoms with van der Waals surface area (Å²) in [5, 5.41) is 21.5. The van der Waals surface area contributed by atoms with Crippen molar-refractivity contribution in [1.29, 1.82) is 0 Å². The molecule has 0 bridgehead atoms.